The van der Waals surface area contributed by atoms with Crippen molar-refractivity contribution in [1.82, 2.24) is 4.90 Å². The van der Waals surface area contributed by atoms with Crippen LogP contribution in [0.15, 0.2) is 43.8 Å². The van der Waals surface area contributed by atoms with Crippen molar-refractivity contribution in [2.45, 2.75) is 37.3 Å². The fourth-order valence-corrected chi connectivity index (χ4v) is 6.73. The van der Waals surface area contributed by atoms with Crippen LogP contribution in [0, 0.1) is 0 Å². The van der Waals surface area contributed by atoms with Crippen LogP contribution in [0.3, 0.4) is 0 Å². The lowest BCUT2D eigenvalue weighted by Crippen LogP contribution is -2.29. The molecule has 0 aliphatic carbocycles. The van der Waals surface area contributed by atoms with Crippen molar-refractivity contribution in [3.05, 3.63) is 45.1 Å². The summed E-state index contributed by atoms with van der Waals surface area (Å²) in [7, 11) is -2.40. The highest BCUT2D eigenvalue weighted by Gasteiger charge is 2.34. The molecular formula is C22H25ClN2O5S3. The van der Waals surface area contributed by atoms with Gasteiger partial charge in [0.05, 0.1) is 23.0 Å². The summed E-state index contributed by atoms with van der Waals surface area (Å²) in [6, 6.07) is 8.31. The second-order valence-electron chi connectivity index (χ2n) is 7.03. The van der Waals surface area contributed by atoms with E-state index in [2.05, 4.69) is 11.3 Å². The van der Waals surface area contributed by atoms with E-state index in [-0.39, 0.29) is 21.8 Å². The van der Waals surface area contributed by atoms with Gasteiger partial charge in [0.15, 0.2) is 16.7 Å². The van der Waals surface area contributed by atoms with E-state index in [9.17, 15) is 13.2 Å². The number of unbranched alkanes of at least 4 members (excludes halogenated alkanes) is 2. The first-order chi connectivity index (χ1) is 15.8. The highest BCUT2D eigenvalue weighted by atomic mass is 35.5. The number of carbonyl (C=O) groups is 1. The zero-order valence-corrected chi connectivity index (χ0v) is 21.7. The molecule has 0 saturated carbocycles. The van der Waals surface area contributed by atoms with Crippen molar-refractivity contribution in [3.63, 3.8) is 0 Å². The minimum atomic E-state index is -3.97. The molecule has 0 atom stereocenters. The molecule has 2 aromatic rings. The predicted molar refractivity (Wildman–Crippen MR) is 135 cm³/mol. The van der Waals surface area contributed by atoms with Crippen LogP contribution >= 0.6 is 34.7 Å². The van der Waals surface area contributed by atoms with Crippen LogP contribution in [0.4, 0.5) is 0 Å². The van der Waals surface area contributed by atoms with Gasteiger partial charge >= 0.3 is 0 Å². The third kappa shape index (κ3) is 6.32. The number of amidine groups is 1. The van der Waals surface area contributed by atoms with Gasteiger partial charge in [-0.1, -0.05) is 37.4 Å². The van der Waals surface area contributed by atoms with Crippen molar-refractivity contribution in [2.75, 3.05) is 20.3 Å². The molecule has 0 unspecified atom stereocenters. The third-order valence-electron chi connectivity index (χ3n) is 4.70. The summed E-state index contributed by atoms with van der Waals surface area (Å²) < 4.78 is 40.9. The number of hydrogen-bond acceptors (Lipinski definition) is 7. The maximum Gasteiger partial charge on any atom is 0.294 e. The molecule has 0 bridgehead atoms. The largest absolute Gasteiger partial charge is 0.493 e. The second kappa shape index (κ2) is 11.4. The number of benzene rings is 1. The maximum absolute atomic E-state index is 12.9. The van der Waals surface area contributed by atoms with Gasteiger partial charge in [-0.15, -0.1) is 15.7 Å². The van der Waals surface area contributed by atoms with Gasteiger partial charge < -0.3 is 9.47 Å². The molecule has 1 aromatic heterocycles. The van der Waals surface area contributed by atoms with Gasteiger partial charge in [-0.25, -0.2) is 0 Å². The van der Waals surface area contributed by atoms with Crippen LogP contribution in [0.2, 0.25) is 4.34 Å². The van der Waals surface area contributed by atoms with Gasteiger partial charge in [0.25, 0.3) is 15.9 Å². The molecule has 11 heteroatoms. The number of carbonyl (C=O) groups excluding carboxylic acids is 1. The Hall–Kier alpha value is -2.01. The summed E-state index contributed by atoms with van der Waals surface area (Å²) in [5, 5.41) is 0.114. The minimum absolute atomic E-state index is 0.0292. The number of nitrogens with zero attached hydrogens (tertiary/aromatic N) is 2. The number of amides is 1. The molecule has 7 nitrogen and oxygen atoms in total. The van der Waals surface area contributed by atoms with E-state index in [1.165, 1.54) is 17.0 Å². The average Bonchev–Trinajstić information content (AvgIpc) is 3.35. The van der Waals surface area contributed by atoms with E-state index >= 15 is 0 Å². The monoisotopic (exact) mass is 528 g/mol. The third-order valence-corrected chi connectivity index (χ3v) is 8.78. The van der Waals surface area contributed by atoms with E-state index in [1.807, 2.05) is 6.07 Å². The summed E-state index contributed by atoms with van der Waals surface area (Å²) >= 11 is 7.81. The lowest BCUT2D eigenvalue weighted by atomic mass is 10.2. The number of thioether (sulfide) groups is 1. The van der Waals surface area contributed by atoms with Crippen LogP contribution in [0.25, 0.3) is 6.08 Å². The van der Waals surface area contributed by atoms with Crippen LogP contribution in [-0.4, -0.2) is 44.7 Å². The Bertz CT molecular complexity index is 1170. The van der Waals surface area contributed by atoms with Crippen LogP contribution < -0.4 is 9.47 Å². The maximum atomic E-state index is 12.9. The molecule has 1 aliphatic heterocycles. The SMILES string of the molecule is CCCCCOc1cc(/C=C2\S/C(=N/S(=O)(=O)c3ccc(Cl)s3)N(CC)C2=O)ccc1OC. The molecule has 1 amide bonds. The lowest BCUT2D eigenvalue weighted by Gasteiger charge is -2.12. The first-order valence-corrected chi connectivity index (χ1v) is 13.9. The molecule has 1 fully saturated rings. The number of sulfonamides is 1. The average molecular weight is 529 g/mol. The molecule has 0 N–H and O–H groups in total. The molecule has 33 heavy (non-hydrogen) atoms. The fourth-order valence-electron chi connectivity index (χ4n) is 3.02. The van der Waals surface area contributed by atoms with Crippen LogP contribution in [0.5, 0.6) is 11.5 Å². The highest BCUT2D eigenvalue weighted by molar-refractivity contribution is 8.19. The van der Waals surface area contributed by atoms with Gasteiger partial charge in [-0.2, -0.15) is 8.42 Å². The van der Waals surface area contributed by atoms with Gasteiger partial charge in [0.2, 0.25) is 0 Å². The molecule has 178 valence electrons. The Kier molecular flexibility index (Phi) is 8.86. The summed E-state index contributed by atoms with van der Waals surface area (Å²) in [4.78, 5) is 14.6. The molecule has 1 saturated heterocycles. The van der Waals surface area contributed by atoms with Gasteiger partial charge in [-0.05, 0) is 61.0 Å². The van der Waals surface area contributed by atoms with E-state index in [0.717, 1.165) is 47.9 Å². The van der Waals surface area contributed by atoms with E-state index < -0.39 is 10.0 Å². The van der Waals surface area contributed by atoms with Gasteiger partial charge in [-0.3, -0.25) is 9.69 Å². The predicted octanol–water partition coefficient (Wildman–Crippen LogP) is 5.66. The van der Waals surface area contributed by atoms with Gasteiger partial charge in [0, 0.05) is 6.54 Å². The topological polar surface area (TPSA) is 85.3 Å². The Balaban J connectivity index is 1.87. The number of hydrogen-bond donors (Lipinski definition) is 0. The summed E-state index contributed by atoms with van der Waals surface area (Å²) in [5.41, 5.74) is 0.738. The number of halogens is 1. The second-order valence-corrected chi connectivity index (χ2v) is 11.6. The zero-order chi connectivity index (χ0) is 24.0. The summed E-state index contributed by atoms with van der Waals surface area (Å²) in [6.07, 6.45) is 4.81. The lowest BCUT2D eigenvalue weighted by molar-refractivity contribution is -0.122. The molecular weight excluding hydrogens is 504 g/mol. The number of methoxy groups -OCH3 is 1. The van der Waals surface area contributed by atoms with Crippen LogP contribution in [-0.2, 0) is 14.8 Å². The Morgan fingerprint density at radius 2 is 1.94 bits per heavy atom. The Labute approximate surface area is 207 Å². The molecule has 0 spiro atoms. The first kappa shape index (κ1) is 25.6. The van der Waals surface area contributed by atoms with E-state index in [4.69, 9.17) is 21.1 Å². The van der Waals surface area contributed by atoms with Crippen LogP contribution in [0.1, 0.15) is 38.7 Å². The number of rotatable bonds is 10. The van der Waals surface area contributed by atoms with Gasteiger partial charge in [0.1, 0.15) is 4.21 Å². The highest BCUT2D eigenvalue weighted by Crippen LogP contribution is 2.36. The smallest absolute Gasteiger partial charge is 0.294 e. The number of likely N-dealkylation sites (N-methyl/N-ethyl adjacent to an activating group) is 1. The molecule has 2 heterocycles. The summed E-state index contributed by atoms with van der Waals surface area (Å²) in [5.74, 6) is 0.899. The zero-order valence-electron chi connectivity index (χ0n) is 18.5. The fraction of sp³-hybridized carbons (Fsp3) is 0.364. The molecule has 1 aromatic carbocycles. The van der Waals surface area contributed by atoms with E-state index in [1.54, 1.807) is 32.2 Å². The number of ether oxygens (including phenoxy) is 2. The minimum Gasteiger partial charge on any atom is -0.493 e. The molecule has 0 radical (unpaired) electrons. The number of thiophene rings is 1. The van der Waals surface area contributed by atoms with Crippen molar-refractivity contribution in [2.24, 2.45) is 4.40 Å². The van der Waals surface area contributed by atoms with Crippen molar-refractivity contribution in [1.29, 1.82) is 0 Å². The quantitative estimate of drug-likeness (QED) is 0.292. The van der Waals surface area contributed by atoms with Crippen molar-refractivity contribution >= 4 is 61.9 Å². The molecule has 1 aliphatic rings. The standard InChI is InChI=1S/C22H25ClN2O5S3/c1-4-6-7-12-30-17-13-15(8-9-16(17)29-3)14-18-21(26)25(5-2)22(31-18)24-33(27,28)20-11-10-19(23)32-20/h8-11,13-14H,4-7,12H2,1-3H3/b18-14-,24-22+. The van der Waals surface area contributed by atoms with Crippen molar-refractivity contribution < 1.29 is 22.7 Å². The van der Waals surface area contributed by atoms with E-state index in [0.29, 0.717) is 27.3 Å². The Morgan fingerprint density at radius 1 is 1.15 bits per heavy atom. The Morgan fingerprint density at radius 3 is 2.58 bits per heavy atom. The molecule has 3 rings (SSSR count). The normalized spacial score (nSPS) is 16.7. The first-order valence-electron chi connectivity index (χ1n) is 10.4. The van der Waals surface area contributed by atoms with Crippen molar-refractivity contribution in [3.8, 4) is 11.5 Å². The summed E-state index contributed by atoms with van der Waals surface area (Å²) in [6.45, 7) is 4.75.